The van der Waals surface area contributed by atoms with Gasteiger partial charge in [0.15, 0.2) is 0 Å². The van der Waals surface area contributed by atoms with Crippen molar-refractivity contribution in [2.75, 3.05) is 19.6 Å². The summed E-state index contributed by atoms with van der Waals surface area (Å²) in [6.07, 6.45) is 5.99. The molecule has 1 heterocycles. The Morgan fingerprint density at radius 1 is 1.20 bits per heavy atom. The van der Waals surface area contributed by atoms with E-state index < -0.39 is 13.1 Å². The van der Waals surface area contributed by atoms with Gasteiger partial charge in [-0.15, -0.1) is 0 Å². The van der Waals surface area contributed by atoms with Crippen molar-refractivity contribution < 1.29 is 19.9 Å². The first kappa shape index (κ1) is 17.5. The highest BCUT2D eigenvalue weighted by Crippen LogP contribution is 2.22. The number of nitrogens with zero attached hydrogens (tertiary/aromatic N) is 1. The largest absolute Gasteiger partial charge is 0.481 e. The SMILES string of the molecule is CCC(CCB(O)O)CC[C@@H](CN1CCCC1)C(=O)O. The molecule has 2 atom stereocenters. The average Bonchev–Trinajstić information content (AvgIpc) is 2.89. The lowest BCUT2D eigenvalue weighted by molar-refractivity contribution is -0.142. The van der Waals surface area contributed by atoms with Crippen molar-refractivity contribution in [2.24, 2.45) is 11.8 Å². The number of carboxylic acids is 1. The van der Waals surface area contributed by atoms with Gasteiger partial charge in [0.1, 0.15) is 0 Å². The summed E-state index contributed by atoms with van der Waals surface area (Å²) in [5.41, 5.74) is 0. The molecule has 1 aliphatic rings. The van der Waals surface area contributed by atoms with Crippen LogP contribution < -0.4 is 0 Å². The molecule has 0 aliphatic carbocycles. The summed E-state index contributed by atoms with van der Waals surface area (Å²) in [7, 11) is -1.25. The molecular weight excluding hydrogens is 257 g/mol. The highest BCUT2D eigenvalue weighted by molar-refractivity contribution is 6.40. The summed E-state index contributed by atoms with van der Waals surface area (Å²) in [5, 5.41) is 27.1. The van der Waals surface area contributed by atoms with Crippen LogP contribution >= 0.6 is 0 Å². The van der Waals surface area contributed by atoms with E-state index in [1.54, 1.807) is 0 Å². The third kappa shape index (κ3) is 6.73. The van der Waals surface area contributed by atoms with Crippen molar-refractivity contribution in [2.45, 2.75) is 51.8 Å². The van der Waals surface area contributed by atoms with Crippen LogP contribution in [-0.4, -0.2) is 52.8 Å². The van der Waals surface area contributed by atoms with Gasteiger partial charge in [0.25, 0.3) is 0 Å². The van der Waals surface area contributed by atoms with E-state index >= 15 is 0 Å². The molecule has 5 nitrogen and oxygen atoms in total. The molecule has 0 saturated carbocycles. The lowest BCUT2D eigenvalue weighted by Gasteiger charge is -2.22. The van der Waals surface area contributed by atoms with Crippen LogP contribution in [0.15, 0.2) is 0 Å². The van der Waals surface area contributed by atoms with Gasteiger partial charge in [-0.05, 0) is 51.0 Å². The highest BCUT2D eigenvalue weighted by Gasteiger charge is 2.24. The predicted molar refractivity (Wildman–Crippen MR) is 79.4 cm³/mol. The summed E-state index contributed by atoms with van der Waals surface area (Å²) < 4.78 is 0. The van der Waals surface area contributed by atoms with Crippen LogP contribution in [0.2, 0.25) is 6.32 Å². The van der Waals surface area contributed by atoms with Gasteiger partial charge in [0, 0.05) is 6.54 Å². The topological polar surface area (TPSA) is 81.0 Å². The normalized spacial score (nSPS) is 18.9. The van der Waals surface area contributed by atoms with E-state index in [4.69, 9.17) is 10.0 Å². The van der Waals surface area contributed by atoms with E-state index in [0.717, 1.165) is 32.4 Å². The number of likely N-dealkylation sites (tertiary alicyclic amines) is 1. The minimum atomic E-state index is -1.25. The van der Waals surface area contributed by atoms with Crippen LogP contribution in [0.5, 0.6) is 0 Å². The summed E-state index contributed by atoms with van der Waals surface area (Å²) in [6, 6.07) is 0. The molecule has 6 heteroatoms. The molecule has 0 radical (unpaired) electrons. The Morgan fingerprint density at radius 2 is 1.85 bits per heavy atom. The molecule has 1 rings (SSSR count). The molecule has 0 aromatic rings. The fourth-order valence-corrected chi connectivity index (χ4v) is 2.94. The van der Waals surface area contributed by atoms with E-state index in [1.165, 1.54) is 12.8 Å². The van der Waals surface area contributed by atoms with E-state index in [1.807, 2.05) is 0 Å². The van der Waals surface area contributed by atoms with Crippen LogP contribution in [0, 0.1) is 11.8 Å². The zero-order valence-electron chi connectivity index (χ0n) is 12.5. The average molecular weight is 285 g/mol. The number of hydrogen-bond acceptors (Lipinski definition) is 4. The Morgan fingerprint density at radius 3 is 2.35 bits per heavy atom. The van der Waals surface area contributed by atoms with E-state index in [0.29, 0.717) is 25.2 Å². The maximum Gasteiger partial charge on any atom is 0.451 e. The molecule has 116 valence electrons. The van der Waals surface area contributed by atoms with Crippen molar-refractivity contribution in [3.8, 4) is 0 Å². The Hall–Kier alpha value is -0.585. The van der Waals surface area contributed by atoms with Gasteiger partial charge in [0.2, 0.25) is 0 Å². The first-order valence-corrected chi connectivity index (χ1v) is 7.84. The monoisotopic (exact) mass is 285 g/mol. The minimum Gasteiger partial charge on any atom is -0.481 e. The second kappa shape index (κ2) is 9.37. The molecule has 0 aromatic carbocycles. The zero-order chi connectivity index (χ0) is 15.0. The first-order valence-electron chi connectivity index (χ1n) is 7.84. The smallest absolute Gasteiger partial charge is 0.451 e. The highest BCUT2D eigenvalue weighted by atomic mass is 16.4. The summed E-state index contributed by atoms with van der Waals surface area (Å²) in [5.74, 6) is -0.604. The van der Waals surface area contributed by atoms with Crippen molar-refractivity contribution in [3.63, 3.8) is 0 Å². The zero-order valence-corrected chi connectivity index (χ0v) is 12.5. The van der Waals surface area contributed by atoms with Crippen LogP contribution in [0.25, 0.3) is 0 Å². The number of carboxylic acid groups (broad SMARTS) is 1. The van der Waals surface area contributed by atoms with E-state index in [9.17, 15) is 9.90 Å². The Kier molecular flexibility index (Phi) is 8.18. The Labute approximate surface area is 122 Å². The number of aliphatic carboxylic acids is 1. The van der Waals surface area contributed by atoms with Gasteiger partial charge >= 0.3 is 13.1 Å². The Balaban J connectivity index is 2.34. The molecule has 1 saturated heterocycles. The molecule has 0 amide bonds. The molecule has 20 heavy (non-hydrogen) atoms. The lowest BCUT2D eigenvalue weighted by Crippen LogP contribution is -2.31. The number of carbonyl (C=O) groups is 1. The lowest BCUT2D eigenvalue weighted by atomic mass is 9.78. The first-order chi connectivity index (χ1) is 9.52. The van der Waals surface area contributed by atoms with Gasteiger partial charge in [0.05, 0.1) is 5.92 Å². The van der Waals surface area contributed by atoms with E-state index in [2.05, 4.69) is 11.8 Å². The molecule has 0 bridgehead atoms. The predicted octanol–water partition coefficient (Wildman–Crippen LogP) is 1.45. The minimum absolute atomic E-state index is 0.291. The van der Waals surface area contributed by atoms with E-state index in [-0.39, 0.29) is 5.92 Å². The third-order valence-electron chi connectivity index (χ3n) is 4.36. The van der Waals surface area contributed by atoms with Gasteiger partial charge in [-0.1, -0.05) is 19.8 Å². The van der Waals surface area contributed by atoms with Gasteiger partial charge in [-0.25, -0.2) is 0 Å². The summed E-state index contributed by atoms with van der Waals surface area (Å²) >= 11 is 0. The van der Waals surface area contributed by atoms with Gasteiger partial charge in [-0.3, -0.25) is 4.79 Å². The molecule has 1 fully saturated rings. The molecular formula is C14H28BNO4. The fraction of sp³-hybridized carbons (Fsp3) is 0.929. The second-order valence-corrected chi connectivity index (χ2v) is 5.95. The van der Waals surface area contributed by atoms with Crippen molar-refractivity contribution >= 4 is 13.1 Å². The van der Waals surface area contributed by atoms with Crippen LogP contribution in [0.4, 0.5) is 0 Å². The summed E-state index contributed by atoms with van der Waals surface area (Å²) in [4.78, 5) is 13.6. The standard InChI is InChI=1S/C14H28BNO4/c1-2-12(7-8-15(19)20)5-6-13(14(17)18)11-16-9-3-4-10-16/h12-13,19-20H,2-11H2,1H3,(H,17,18)/t12?,13-/m0/s1. The number of rotatable bonds is 10. The van der Waals surface area contributed by atoms with Gasteiger partial charge < -0.3 is 20.1 Å². The van der Waals surface area contributed by atoms with Crippen molar-refractivity contribution in [3.05, 3.63) is 0 Å². The maximum atomic E-state index is 11.3. The molecule has 0 aromatic heterocycles. The van der Waals surface area contributed by atoms with Crippen molar-refractivity contribution in [1.29, 1.82) is 0 Å². The van der Waals surface area contributed by atoms with Crippen LogP contribution in [0.3, 0.4) is 0 Å². The Bertz CT molecular complexity index is 282. The molecule has 1 unspecified atom stereocenters. The molecule has 3 N–H and O–H groups in total. The van der Waals surface area contributed by atoms with Gasteiger partial charge in [-0.2, -0.15) is 0 Å². The van der Waals surface area contributed by atoms with Crippen LogP contribution in [0.1, 0.15) is 45.4 Å². The second-order valence-electron chi connectivity index (χ2n) is 5.95. The quantitative estimate of drug-likeness (QED) is 0.529. The molecule has 1 aliphatic heterocycles. The fourth-order valence-electron chi connectivity index (χ4n) is 2.94. The van der Waals surface area contributed by atoms with Crippen molar-refractivity contribution in [1.82, 2.24) is 4.90 Å². The maximum absolute atomic E-state index is 11.3. The number of hydrogen-bond donors (Lipinski definition) is 3. The van der Waals surface area contributed by atoms with Crippen LogP contribution in [-0.2, 0) is 4.79 Å². The molecule has 0 spiro atoms. The third-order valence-corrected chi connectivity index (χ3v) is 4.36. The summed E-state index contributed by atoms with van der Waals surface area (Å²) in [6.45, 7) is 4.79.